The van der Waals surface area contributed by atoms with Gasteiger partial charge in [-0.1, -0.05) is 29.8 Å². The molecule has 4 atom stereocenters. The molecule has 5 nitrogen and oxygen atoms in total. The summed E-state index contributed by atoms with van der Waals surface area (Å²) in [5.41, 5.74) is 2.77. The van der Waals surface area contributed by atoms with Crippen molar-refractivity contribution in [2.45, 2.75) is 31.2 Å². The number of carbonyl (C=O) groups excluding carboxylic acids is 1. The Balaban J connectivity index is 1.87. The van der Waals surface area contributed by atoms with Crippen LogP contribution < -0.4 is 0 Å². The zero-order chi connectivity index (χ0) is 18.1. The van der Waals surface area contributed by atoms with E-state index >= 15 is 0 Å². The maximum atomic E-state index is 13.3. The van der Waals surface area contributed by atoms with Gasteiger partial charge in [-0.15, -0.1) is 0 Å². The molecule has 3 heterocycles. The molecule has 0 radical (unpaired) electrons. The number of piperidine rings is 2. The number of nitrogens with zero attached hydrogens (tertiary/aromatic N) is 2. The third-order valence-corrected chi connectivity index (χ3v) is 7.39. The topological polar surface area (TPSA) is 62.1 Å². The molecule has 4 aliphatic rings. The Kier molecular flexibility index (Phi) is 3.29. The molecule has 0 aromatic heterocycles. The number of aliphatic hydroxyl groups excluding tert-OH is 1. The number of para-hydroxylation sites is 1. The van der Waals surface area contributed by atoms with Gasteiger partial charge < -0.3 is 9.84 Å². The van der Waals surface area contributed by atoms with E-state index < -0.39 is 10.8 Å². The van der Waals surface area contributed by atoms with Crippen molar-refractivity contribution in [3.8, 4) is 0 Å². The molecule has 1 aromatic carbocycles. The number of rotatable bonds is 2. The van der Waals surface area contributed by atoms with Crippen molar-refractivity contribution >= 4 is 17.4 Å². The van der Waals surface area contributed by atoms with Gasteiger partial charge in [-0.3, -0.25) is 14.7 Å². The Labute approximate surface area is 153 Å². The van der Waals surface area contributed by atoms with Crippen molar-refractivity contribution in [3.05, 3.63) is 41.5 Å². The fourth-order valence-electron chi connectivity index (χ4n) is 6.33. The molecule has 0 unspecified atom stereocenters. The minimum absolute atomic E-state index is 0.0170. The standard InChI is InChI=1S/C21H24N2O3/c1-3-13-11-23-9-8-20-14-6-4-5-7-16(14)22-18(20)17(23)10-15(13)21(20,12-24)19(25)26-2/h3-7,15,17,24H,8-12H2,1-2H3/b13-3+/t15-,17-,20+,21+/m0/s1. The number of hydrogen-bond acceptors (Lipinski definition) is 5. The van der Waals surface area contributed by atoms with Crippen LogP contribution in [0.5, 0.6) is 0 Å². The fraction of sp³-hybridized carbons (Fsp3) is 0.524. The third-order valence-electron chi connectivity index (χ3n) is 7.39. The van der Waals surface area contributed by atoms with Gasteiger partial charge in [0.2, 0.25) is 0 Å². The third kappa shape index (κ3) is 1.56. The molecule has 2 saturated heterocycles. The van der Waals surface area contributed by atoms with Crippen LogP contribution in [0.15, 0.2) is 40.9 Å². The van der Waals surface area contributed by atoms with Crippen molar-refractivity contribution in [1.29, 1.82) is 0 Å². The second-order valence-corrected chi connectivity index (χ2v) is 7.93. The van der Waals surface area contributed by atoms with E-state index in [9.17, 15) is 9.90 Å². The van der Waals surface area contributed by atoms with Crippen LogP contribution in [0.25, 0.3) is 0 Å². The monoisotopic (exact) mass is 352 g/mol. The van der Waals surface area contributed by atoms with Crippen LogP contribution in [-0.2, 0) is 14.9 Å². The average molecular weight is 352 g/mol. The quantitative estimate of drug-likeness (QED) is 0.655. The van der Waals surface area contributed by atoms with Gasteiger partial charge in [0.15, 0.2) is 0 Å². The number of aliphatic imine (C=N–C) groups is 1. The van der Waals surface area contributed by atoms with Crippen LogP contribution in [0.2, 0.25) is 0 Å². The highest BCUT2D eigenvalue weighted by Crippen LogP contribution is 2.65. The lowest BCUT2D eigenvalue weighted by Crippen LogP contribution is -2.74. The van der Waals surface area contributed by atoms with Crippen LogP contribution in [0.3, 0.4) is 0 Å². The van der Waals surface area contributed by atoms with Gasteiger partial charge in [-0.2, -0.15) is 0 Å². The van der Waals surface area contributed by atoms with E-state index in [0.29, 0.717) is 0 Å². The number of benzene rings is 1. The number of carbonyl (C=O) groups is 1. The highest BCUT2D eigenvalue weighted by atomic mass is 16.5. The Hall–Kier alpha value is -1.98. The largest absolute Gasteiger partial charge is 0.468 e. The molecule has 0 amide bonds. The number of methoxy groups -OCH3 is 1. The van der Waals surface area contributed by atoms with Gasteiger partial charge in [-0.25, -0.2) is 0 Å². The van der Waals surface area contributed by atoms with Crippen LogP contribution in [0.1, 0.15) is 25.3 Å². The van der Waals surface area contributed by atoms with Crippen molar-refractivity contribution in [3.63, 3.8) is 0 Å². The summed E-state index contributed by atoms with van der Waals surface area (Å²) >= 11 is 0. The summed E-state index contributed by atoms with van der Waals surface area (Å²) in [6.07, 6.45) is 3.75. The first-order valence-electron chi connectivity index (χ1n) is 9.41. The first-order chi connectivity index (χ1) is 12.6. The molecule has 3 fully saturated rings. The molecule has 3 bridgehead atoms. The fourth-order valence-corrected chi connectivity index (χ4v) is 6.33. The molecular formula is C21H24N2O3. The number of esters is 1. The smallest absolute Gasteiger partial charge is 0.316 e. The van der Waals surface area contributed by atoms with Crippen molar-refractivity contribution in [2.24, 2.45) is 16.3 Å². The second-order valence-electron chi connectivity index (χ2n) is 7.93. The molecule has 136 valence electrons. The van der Waals surface area contributed by atoms with Gasteiger partial charge in [0.1, 0.15) is 5.41 Å². The summed E-state index contributed by atoms with van der Waals surface area (Å²) in [7, 11) is 1.44. The SMILES string of the molecule is C/C=C1\CN2CC[C@]34C(=Nc5ccccc53)[C@@H]2C[C@@H]1[C@]4(CO)C(=O)OC. The molecular weight excluding hydrogens is 328 g/mol. The number of hydrogen-bond donors (Lipinski definition) is 1. The van der Waals surface area contributed by atoms with Gasteiger partial charge >= 0.3 is 5.97 Å². The first-order valence-corrected chi connectivity index (χ1v) is 9.41. The Morgan fingerprint density at radius 3 is 3.00 bits per heavy atom. The summed E-state index contributed by atoms with van der Waals surface area (Å²) in [5.74, 6) is -0.320. The predicted molar refractivity (Wildman–Crippen MR) is 98.6 cm³/mol. The Morgan fingerprint density at radius 1 is 1.46 bits per heavy atom. The molecule has 1 N–H and O–H groups in total. The highest BCUT2D eigenvalue weighted by molar-refractivity contribution is 6.11. The number of aliphatic hydroxyl groups is 1. The lowest BCUT2D eigenvalue weighted by molar-refractivity contribution is -0.170. The second kappa shape index (κ2) is 5.27. The maximum absolute atomic E-state index is 13.3. The van der Waals surface area contributed by atoms with E-state index in [-0.39, 0.29) is 24.5 Å². The van der Waals surface area contributed by atoms with E-state index in [0.717, 1.165) is 42.9 Å². The van der Waals surface area contributed by atoms with Crippen LogP contribution in [0, 0.1) is 11.3 Å². The van der Waals surface area contributed by atoms with Crippen LogP contribution in [0.4, 0.5) is 5.69 Å². The summed E-state index contributed by atoms with van der Waals surface area (Å²) in [6, 6.07) is 8.36. The molecule has 26 heavy (non-hydrogen) atoms. The highest BCUT2D eigenvalue weighted by Gasteiger charge is 2.73. The van der Waals surface area contributed by atoms with E-state index in [4.69, 9.17) is 9.73 Å². The normalized spacial score (nSPS) is 38.7. The Bertz CT molecular complexity index is 861. The Morgan fingerprint density at radius 2 is 2.27 bits per heavy atom. The van der Waals surface area contributed by atoms with Gasteiger partial charge in [0, 0.05) is 24.7 Å². The first kappa shape index (κ1) is 16.2. The van der Waals surface area contributed by atoms with E-state index in [1.165, 1.54) is 12.7 Å². The molecule has 5 heteroatoms. The van der Waals surface area contributed by atoms with Crippen molar-refractivity contribution in [1.82, 2.24) is 4.90 Å². The number of allylic oxidation sites excluding steroid dienone is 1. The van der Waals surface area contributed by atoms with Crippen LogP contribution in [-0.4, -0.2) is 54.5 Å². The van der Waals surface area contributed by atoms with E-state index in [1.807, 2.05) is 25.1 Å². The molecule has 1 aliphatic carbocycles. The van der Waals surface area contributed by atoms with E-state index in [2.05, 4.69) is 17.0 Å². The van der Waals surface area contributed by atoms with Gasteiger partial charge in [-0.05, 0) is 31.4 Å². The van der Waals surface area contributed by atoms with Crippen LogP contribution >= 0.6 is 0 Å². The predicted octanol–water partition coefficient (Wildman–Crippen LogP) is 2.22. The lowest BCUT2D eigenvalue weighted by atomic mass is 9.43. The number of fused-ring (bicyclic) bond motifs is 2. The van der Waals surface area contributed by atoms with E-state index in [1.54, 1.807) is 0 Å². The zero-order valence-electron chi connectivity index (χ0n) is 15.2. The molecule has 0 spiro atoms. The summed E-state index contributed by atoms with van der Waals surface area (Å²) < 4.78 is 5.34. The minimum Gasteiger partial charge on any atom is -0.468 e. The van der Waals surface area contributed by atoms with Crippen molar-refractivity contribution < 1.29 is 14.6 Å². The number of ether oxygens (including phenoxy) is 1. The van der Waals surface area contributed by atoms with Crippen molar-refractivity contribution in [2.75, 3.05) is 26.8 Å². The maximum Gasteiger partial charge on any atom is 0.316 e. The average Bonchev–Trinajstić information content (AvgIpc) is 3.04. The van der Waals surface area contributed by atoms with Gasteiger partial charge in [0.25, 0.3) is 0 Å². The molecule has 3 aliphatic heterocycles. The molecule has 1 saturated carbocycles. The molecule has 1 aromatic rings. The summed E-state index contributed by atoms with van der Waals surface area (Å²) in [5, 5.41) is 10.8. The zero-order valence-corrected chi connectivity index (χ0v) is 15.2. The summed E-state index contributed by atoms with van der Waals surface area (Å²) in [6.45, 7) is 3.56. The van der Waals surface area contributed by atoms with Gasteiger partial charge in [0.05, 0.1) is 30.9 Å². The molecule has 5 rings (SSSR count). The minimum atomic E-state index is -1.00. The lowest BCUT2D eigenvalue weighted by Gasteiger charge is -2.64. The summed E-state index contributed by atoms with van der Waals surface area (Å²) in [4.78, 5) is 20.8.